The Morgan fingerprint density at radius 1 is 0.974 bits per heavy atom. The second kappa shape index (κ2) is 12.8. The molecule has 0 bridgehead atoms. The van der Waals surface area contributed by atoms with Crippen LogP contribution in [-0.4, -0.2) is 56.0 Å². The number of benzene rings is 2. The molecule has 2 aromatic rings. The Morgan fingerprint density at radius 3 is 2.18 bits per heavy atom. The van der Waals surface area contributed by atoms with Crippen molar-refractivity contribution in [1.29, 1.82) is 0 Å². The highest BCUT2D eigenvalue weighted by Gasteiger charge is 2.36. The van der Waals surface area contributed by atoms with Gasteiger partial charge in [0.25, 0.3) is 10.0 Å². The van der Waals surface area contributed by atoms with E-state index in [1.165, 1.54) is 12.1 Å². The SMILES string of the molecule is CCN(CC)C(=O)C(CC1CCC(NC(=O)OC(C)(C)C)CC1)C(=O)NS(=O)(=O)c1ccc2ccccc2c1. The fraction of sp³-hybridized carbons (Fsp3) is 0.552. The van der Waals surface area contributed by atoms with Gasteiger partial charge in [-0.3, -0.25) is 9.59 Å². The summed E-state index contributed by atoms with van der Waals surface area (Å²) in [6.45, 7) is 9.92. The normalized spacial score (nSPS) is 18.7. The summed E-state index contributed by atoms with van der Waals surface area (Å²) in [6.07, 6.45) is 2.56. The van der Waals surface area contributed by atoms with Crippen LogP contribution in [0.15, 0.2) is 47.4 Å². The second-order valence-corrected chi connectivity index (χ2v) is 12.8. The van der Waals surface area contributed by atoms with E-state index in [4.69, 9.17) is 4.74 Å². The molecule has 2 aromatic carbocycles. The summed E-state index contributed by atoms with van der Waals surface area (Å²) in [7, 11) is -4.18. The van der Waals surface area contributed by atoms with E-state index in [2.05, 4.69) is 10.0 Å². The van der Waals surface area contributed by atoms with Crippen molar-refractivity contribution >= 4 is 38.7 Å². The molecule has 9 nitrogen and oxygen atoms in total. The van der Waals surface area contributed by atoms with Gasteiger partial charge in [0.1, 0.15) is 11.5 Å². The Bertz CT molecular complexity index is 1280. The first-order valence-electron chi connectivity index (χ1n) is 13.7. The molecule has 1 fully saturated rings. The van der Waals surface area contributed by atoms with Gasteiger partial charge in [-0.05, 0) is 95.5 Å². The van der Waals surface area contributed by atoms with Gasteiger partial charge in [0.05, 0.1) is 4.90 Å². The average molecular weight is 560 g/mol. The van der Waals surface area contributed by atoms with Gasteiger partial charge in [0.15, 0.2) is 0 Å². The minimum atomic E-state index is -4.18. The van der Waals surface area contributed by atoms with Crippen LogP contribution < -0.4 is 10.0 Å². The highest BCUT2D eigenvalue weighted by Crippen LogP contribution is 2.31. The quantitative estimate of drug-likeness (QED) is 0.433. The number of nitrogens with zero attached hydrogens (tertiary/aromatic N) is 1. The van der Waals surface area contributed by atoms with Gasteiger partial charge >= 0.3 is 6.09 Å². The highest BCUT2D eigenvalue weighted by molar-refractivity contribution is 7.90. The van der Waals surface area contributed by atoms with Gasteiger partial charge in [0, 0.05) is 19.1 Å². The number of amides is 3. The lowest BCUT2D eigenvalue weighted by Gasteiger charge is -2.32. The lowest BCUT2D eigenvalue weighted by atomic mass is 9.80. The molecule has 1 saturated carbocycles. The molecule has 0 aliphatic heterocycles. The molecule has 0 radical (unpaired) electrons. The molecule has 0 aromatic heterocycles. The van der Waals surface area contributed by atoms with Crippen molar-refractivity contribution in [2.24, 2.45) is 11.8 Å². The molecule has 10 heteroatoms. The molecular formula is C29H41N3O6S. The number of ether oxygens (including phenoxy) is 1. The van der Waals surface area contributed by atoms with Gasteiger partial charge in [0.2, 0.25) is 11.8 Å². The zero-order valence-corrected chi connectivity index (χ0v) is 24.3. The number of fused-ring (bicyclic) bond motifs is 1. The number of sulfonamides is 1. The summed E-state index contributed by atoms with van der Waals surface area (Å²) >= 11 is 0. The van der Waals surface area contributed by atoms with Crippen molar-refractivity contribution in [3.05, 3.63) is 42.5 Å². The standard InChI is InChI=1S/C29H41N3O6S/c1-6-32(7-2)27(34)25(18-20-12-15-23(16-13-20)30-28(35)38-29(3,4)5)26(33)31-39(36,37)24-17-14-21-10-8-9-11-22(21)19-24/h8-11,14,17,19-20,23,25H,6-7,12-13,15-16,18H2,1-5H3,(H,30,35)(H,31,33). The van der Waals surface area contributed by atoms with Gasteiger partial charge in [-0.2, -0.15) is 0 Å². The monoisotopic (exact) mass is 559 g/mol. The summed E-state index contributed by atoms with van der Waals surface area (Å²) < 4.78 is 33.8. The molecule has 1 aliphatic carbocycles. The van der Waals surface area contributed by atoms with Crippen molar-refractivity contribution in [3.63, 3.8) is 0 Å². The van der Waals surface area contributed by atoms with Gasteiger partial charge in [-0.25, -0.2) is 17.9 Å². The summed E-state index contributed by atoms with van der Waals surface area (Å²) in [4.78, 5) is 40.4. The Kier molecular flexibility index (Phi) is 9.98. The maximum absolute atomic E-state index is 13.4. The fourth-order valence-corrected chi connectivity index (χ4v) is 6.08. The topological polar surface area (TPSA) is 122 Å². The predicted octanol–water partition coefficient (Wildman–Crippen LogP) is 4.60. The summed E-state index contributed by atoms with van der Waals surface area (Å²) in [5.41, 5.74) is -0.583. The lowest BCUT2D eigenvalue weighted by Crippen LogP contribution is -2.46. The number of nitrogens with one attached hydrogen (secondary N) is 2. The smallest absolute Gasteiger partial charge is 0.407 e. The van der Waals surface area contributed by atoms with Crippen LogP contribution in [0, 0.1) is 11.8 Å². The third-order valence-corrected chi connectivity index (χ3v) is 8.44. The van der Waals surface area contributed by atoms with Crippen LogP contribution >= 0.6 is 0 Å². The van der Waals surface area contributed by atoms with Crippen molar-refractivity contribution in [2.75, 3.05) is 13.1 Å². The van der Waals surface area contributed by atoms with E-state index in [1.807, 2.05) is 52.8 Å². The molecule has 0 saturated heterocycles. The molecule has 214 valence electrons. The molecule has 1 aliphatic rings. The molecule has 1 unspecified atom stereocenters. The van der Waals surface area contributed by atoms with E-state index in [1.54, 1.807) is 17.0 Å². The van der Waals surface area contributed by atoms with E-state index < -0.39 is 33.5 Å². The first-order valence-corrected chi connectivity index (χ1v) is 15.1. The van der Waals surface area contributed by atoms with Gasteiger partial charge < -0.3 is 15.0 Å². The third kappa shape index (κ3) is 8.42. The zero-order chi connectivity index (χ0) is 28.8. The predicted molar refractivity (Wildman–Crippen MR) is 150 cm³/mol. The van der Waals surface area contributed by atoms with E-state index in [-0.39, 0.29) is 29.2 Å². The maximum atomic E-state index is 13.4. The van der Waals surface area contributed by atoms with Gasteiger partial charge in [-0.15, -0.1) is 0 Å². The minimum absolute atomic E-state index is 0.0303. The first-order chi connectivity index (χ1) is 18.3. The number of hydrogen-bond acceptors (Lipinski definition) is 6. The van der Waals surface area contributed by atoms with Crippen molar-refractivity contribution in [1.82, 2.24) is 14.9 Å². The van der Waals surface area contributed by atoms with Crippen molar-refractivity contribution in [2.45, 2.75) is 83.3 Å². The first kappa shape index (κ1) is 30.4. The number of hydrogen-bond donors (Lipinski definition) is 2. The fourth-order valence-electron chi connectivity index (χ4n) is 5.02. The largest absolute Gasteiger partial charge is 0.444 e. The average Bonchev–Trinajstić information content (AvgIpc) is 2.87. The number of carbonyl (C=O) groups is 3. The summed E-state index contributed by atoms with van der Waals surface area (Å²) in [5.74, 6) is -2.27. The molecule has 2 N–H and O–H groups in total. The molecule has 0 spiro atoms. The van der Waals surface area contributed by atoms with Crippen LogP contribution in [0.25, 0.3) is 10.8 Å². The van der Waals surface area contributed by atoms with Crippen molar-refractivity contribution in [3.8, 4) is 0 Å². The summed E-state index contributed by atoms with van der Waals surface area (Å²) in [6, 6.07) is 12.0. The number of alkyl carbamates (subject to hydrolysis) is 1. The van der Waals surface area contributed by atoms with E-state index in [0.29, 0.717) is 38.8 Å². The van der Waals surface area contributed by atoms with Crippen LogP contribution in [0.2, 0.25) is 0 Å². The molecule has 3 rings (SSSR count). The molecule has 39 heavy (non-hydrogen) atoms. The minimum Gasteiger partial charge on any atom is -0.444 e. The van der Waals surface area contributed by atoms with Crippen LogP contribution in [0.1, 0.15) is 66.7 Å². The molecular weight excluding hydrogens is 518 g/mol. The van der Waals surface area contributed by atoms with E-state index in [9.17, 15) is 22.8 Å². The Morgan fingerprint density at radius 2 is 1.59 bits per heavy atom. The van der Waals surface area contributed by atoms with E-state index >= 15 is 0 Å². The number of rotatable bonds is 9. The molecule has 1 atom stereocenters. The van der Waals surface area contributed by atoms with E-state index in [0.717, 1.165) is 10.8 Å². The maximum Gasteiger partial charge on any atom is 0.407 e. The number of carbonyl (C=O) groups excluding carboxylic acids is 3. The van der Waals surface area contributed by atoms with Crippen LogP contribution in [0.5, 0.6) is 0 Å². The molecule has 0 heterocycles. The zero-order valence-electron chi connectivity index (χ0n) is 23.5. The second-order valence-electron chi connectivity index (χ2n) is 11.1. The lowest BCUT2D eigenvalue weighted by molar-refractivity contribution is -0.142. The Hall–Kier alpha value is -3.14. The van der Waals surface area contributed by atoms with Crippen LogP contribution in [0.3, 0.4) is 0 Å². The van der Waals surface area contributed by atoms with Crippen LogP contribution in [-0.2, 0) is 24.3 Å². The van der Waals surface area contributed by atoms with Crippen LogP contribution in [0.4, 0.5) is 4.79 Å². The molecule has 3 amide bonds. The van der Waals surface area contributed by atoms with Gasteiger partial charge in [-0.1, -0.05) is 30.3 Å². The highest BCUT2D eigenvalue weighted by atomic mass is 32.2. The third-order valence-electron chi connectivity index (χ3n) is 7.09. The van der Waals surface area contributed by atoms with Crippen molar-refractivity contribution < 1.29 is 27.5 Å². The Balaban J connectivity index is 1.71. The Labute approximate surface area is 231 Å². The summed E-state index contributed by atoms with van der Waals surface area (Å²) in [5, 5.41) is 4.52.